The van der Waals surface area contributed by atoms with Crippen LogP contribution < -0.4 is 5.73 Å². The van der Waals surface area contributed by atoms with Crippen molar-refractivity contribution in [2.45, 2.75) is 32.2 Å². The average Bonchev–Trinajstić information content (AvgIpc) is 3.00. The Kier molecular flexibility index (Phi) is 2.51. The first-order valence-corrected chi connectivity index (χ1v) is 6.46. The Bertz CT molecular complexity index is 557. The van der Waals surface area contributed by atoms with Gasteiger partial charge in [-0.25, -0.2) is 4.98 Å². The molecule has 4 heteroatoms. The maximum atomic E-state index is 6.13. The quantitative estimate of drug-likeness (QED) is 0.903. The van der Waals surface area contributed by atoms with Gasteiger partial charge in [-0.1, -0.05) is 30.5 Å². The van der Waals surface area contributed by atoms with Gasteiger partial charge in [-0.15, -0.1) is 0 Å². The minimum Gasteiger partial charge on any atom is -0.369 e. The first-order valence-electron chi connectivity index (χ1n) is 6.08. The smallest absolute Gasteiger partial charge is 0.201 e. The van der Waals surface area contributed by atoms with Gasteiger partial charge in [0.1, 0.15) is 5.52 Å². The highest BCUT2D eigenvalue weighted by Gasteiger charge is 2.26. The molecule has 3 nitrogen and oxygen atoms in total. The lowest BCUT2D eigenvalue weighted by Gasteiger charge is -2.15. The van der Waals surface area contributed by atoms with E-state index in [1.165, 1.54) is 19.3 Å². The van der Waals surface area contributed by atoms with Crippen LogP contribution in [0, 0.1) is 5.92 Å². The highest BCUT2D eigenvalue weighted by molar-refractivity contribution is 6.35. The number of anilines is 1. The Morgan fingerprint density at radius 3 is 3.00 bits per heavy atom. The maximum Gasteiger partial charge on any atom is 0.201 e. The third kappa shape index (κ3) is 1.89. The zero-order valence-corrected chi connectivity index (χ0v) is 10.6. The molecule has 3 rings (SSSR count). The molecule has 17 heavy (non-hydrogen) atoms. The Hall–Kier alpha value is -1.22. The monoisotopic (exact) mass is 249 g/mol. The molecular formula is C13H16ClN3. The Morgan fingerprint density at radius 1 is 1.53 bits per heavy atom. The van der Waals surface area contributed by atoms with E-state index in [1.807, 2.05) is 18.2 Å². The number of nitrogen functional groups attached to an aromatic ring is 1. The summed E-state index contributed by atoms with van der Waals surface area (Å²) in [5, 5.41) is 0.673. The lowest BCUT2D eigenvalue weighted by molar-refractivity contribution is 0.492. The molecule has 1 atom stereocenters. The molecule has 1 aliphatic carbocycles. The number of imidazole rings is 1. The van der Waals surface area contributed by atoms with Crippen molar-refractivity contribution >= 4 is 28.6 Å². The second kappa shape index (κ2) is 3.91. The molecule has 2 N–H and O–H groups in total. The van der Waals surface area contributed by atoms with Crippen LogP contribution in [-0.2, 0) is 0 Å². The first kappa shape index (κ1) is 10.9. The summed E-state index contributed by atoms with van der Waals surface area (Å²) in [6, 6.07) is 6.23. The van der Waals surface area contributed by atoms with Gasteiger partial charge in [0.25, 0.3) is 0 Å². The second-order valence-corrected chi connectivity index (χ2v) is 5.38. The number of hydrogen-bond donors (Lipinski definition) is 1. The molecule has 90 valence electrons. The van der Waals surface area contributed by atoms with Crippen LogP contribution in [-0.4, -0.2) is 9.55 Å². The molecule has 1 aliphatic rings. The Balaban J connectivity index is 2.07. The third-order valence-electron chi connectivity index (χ3n) is 3.51. The van der Waals surface area contributed by atoms with Gasteiger partial charge in [0.05, 0.1) is 10.5 Å². The summed E-state index contributed by atoms with van der Waals surface area (Å²) in [6.07, 6.45) is 3.90. The lowest BCUT2D eigenvalue weighted by atomic mass is 10.1. The number of hydrogen-bond acceptors (Lipinski definition) is 2. The van der Waals surface area contributed by atoms with Crippen molar-refractivity contribution in [2.24, 2.45) is 5.92 Å². The number of benzene rings is 1. The number of para-hydroxylation sites is 1. The number of rotatable bonds is 3. The largest absolute Gasteiger partial charge is 0.369 e. The van der Waals surface area contributed by atoms with Crippen molar-refractivity contribution < 1.29 is 0 Å². The molecule has 0 aliphatic heterocycles. The molecule has 0 saturated heterocycles. The summed E-state index contributed by atoms with van der Waals surface area (Å²) in [5.41, 5.74) is 7.87. The predicted molar refractivity (Wildman–Crippen MR) is 71.2 cm³/mol. The van der Waals surface area contributed by atoms with E-state index in [-0.39, 0.29) is 0 Å². The van der Waals surface area contributed by atoms with Crippen LogP contribution in [0.2, 0.25) is 5.02 Å². The summed E-state index contributed by atoms with van der Waals surface area (Å²) < 4.78 is 2.11. The number of nitrogens with zero attached hydrogens (tertiary/aromatic N) is 2. The fourth-order valence-corrected chi connectivity index (χ4v) is 2.72. The maximum absolute atomic E-state index is 6.13. The molecular weight excluding hydrogens is 234 g/mol. The van der Waals surface area contributed by atoms with Crippen LogP contribution in [0.3, 0.4) is 0 Å². The van der Waals surface area contributed by atoms with Crippen molar-refractivity contribution in [3.05, 3.63) is 23.2 Å². The molecule has 1 aromatic heterocycles. The molecule has 1 saturated carbocycles. The zero-order valence-electron chi connectivity index (χ0n) is 9.86. The van der Waals surface area contributed by atoms with Gasteiger partial charge in [-0.05, 0) is 31.4 Å². The highest BCUT2D eigenvalue weighted by Crippen LogP contribution is 2.38. The number of nitrogens with two attached hydrogens (primary N) is 1. The number of fused-ring (bicyclic) bond motifs is 1. The summed E-state index contributed by atoms with van der Waals surface area (Å²) in [5.74, 6) is 1.45. The standard InChI is InChI=1S/C13H16ClN3/c1-8(7-9-5-6-9)17-11-4-2-3-10(14)12(11)16-13(17)15/h2-4,8-9H,5-7H2,1H3,(H2,15,16). The summed E-state index contributed by atoms with van der Waals surface area (Å²) >= 11 is 6.13. The predicted octanol–water partition coefficient (Wildman–Crippen LogP) is 3.63. The molecule has 1 unspecified atom stereocenters. The Morgan fingerprint density at radius 2 is 2.29 bits per heavy atom. The minimum absolute atomic E-state index is 0.394. The van der Waals surface area contributed by atoms with Crippen molar-refractivity contribution in [2.75, 3.05) is 5.73 Å². The van der Waals surface area contributed by atoms with Gasteiger partial charge in [0, 0.05) is 6.04 Å². The lowest BCUT2D eigenvalue weighted by Crippen LogP contribution is -2.09. The molecule has 2 aromatic rings. The van der Waals surface area contributed by atoms with E-state index < -0.39 is 0 Å². The van der Waals surface area contributed by atoms with Gasteiger partial charge in [-0.2, -0.15) is 0 Å². The normalized spacial score (nSPS) is 17.5. The van der Waals surface area contributed by atoms with E-state index in [9.17, 15) is 0 Å². The number of halogens is 1. The van der Waals surface area contributed by atoms with Crippen molar-refractivity contribution in [3.8, 4) is 0 Å². The Labute approximate surface area is 106 Å². The molecule has 0 bridgehead atoms. The molecule has 1 heterocycles. The SMILES string of the molecule is CC(CC1CC1)n1c(N)nc2c(Cl)cccc21. The van der Waals surface area contributed by atoms with Crippen LogP contribution in [0.5, 0.6) is 0 Å². The van der Waals surface area contributed by atoms with Gasteiger partial charge < -0.3 is 10.3 Å². The van der Waals surface area contributed by atoms with Crippen LogP contribution in [0.15, 0.2) is 18.2 Å². The van der Waals surface area contributed by atoms with Crippen LogP contribution >= 0.6 is 11.6 Å². The van der Waals surface area contributed by atoms with E-state index in [0.717, 1.165) is 17.0 Å². The van der Waals surface area contributed by atoms with Gasteiger partial charge in [0.15, 0.2) is 0 Å². The van der Waals surface area contributed by atoms with Crippen molar-refractivity contribution in [1.82, 2.24) is 9.55 Å². The third-order valence-corrected chi connectivity index (χ3v) is 3.82. The average molecular weight is 250 g/mol. The summed E-state index contributed by atoms with van der Waals surface area (Å²) in [4.78, 5) is 4.37. The fraction of sp³-hybridized carbons (Fsp3) is 0.462. The fourth-order valence-electron chi connectivity index (χ4n) is 2.51. The van der Waals surface area contributed by atoms with Crippen molar-refractivity contribution in [1.29, 1.82) is 0 Å². The topological polar surface area (TPSA) is 43.8 Å². The van der Waals surface area contributed by atoms with Gasteiger partial charge in [0.2, 0.25) is 5.95 Å². The van der Waals surface area contributed by atoms with Crippen LogP contribution in [0.4, 0.5) is 5.95 Å². The van der Waals surface area contributed by atoms with E-state index in [2.05, 4.69) is 16.5 Å². The molecule has 1 aromatic carbocycles. The van der Waals surface area contributed by atoms with E-state index in [0.29, 0.717) is 17.0 Å². The van der Waals surface area contributed by atoms with Crippen LogP contribution in [0.1, 0.15) is 32.2 Å². The summed E-state index contributed by atoms with van der Waals surface area (Å²) in [7, 11) is 0. The van der Waals surface area contributed by atoms with E-state index >= 15 is 0 Å². The highest BCUT2D eigenvalue weighted by atomic mass is 35.5. The van der Waals surface area contributed by atoms with Crippen LogP contribution in [0.25, 0.3) is 11.0 Å². The first-order chi connectivity index (χ1) is 8.16. The van der Waals surface area contributed by atoms with Crippen molar-refractivity contribution in [3.63, 3.8) is 0 Å². The number of aromatic nitrogens is 2. The molecule has 0 spiro atoms. The molecule has 0 radical (unpaired) electrons. The second-order valence-electron chi connectivity index (χ2n) is 4.98. The van der Waals surface area contributed by atoms with Gasteiger partial charge in [-0.3, -0.25) is 0 Å². The minimum atomic E-state index is 0.394. The summed E-state index contributed by atoms with van der Waals surface area (Å²) in [6.45, 7) is 2.21. The molecule has 1 fully saturated rings. The zero-order chi connectivity index (χ0) is 12.0. The molecule has 0 amide bonds. The van der Waals surface area contributed by atoms with E-state index in [1.54, 1.807) is 0 Å². The van der Waals surface area contributed by atoms with E-state index in [4.69, 9.17) is 17.3 Å². The van der Waals surface area contributed by atoms with Gasteiger partial charge >= 0.3 is 0 Å².